The van der Waals surface area contributed by atoms with Gasteiger partial charge in [-0.3, -0.25) is 9.48 Å². The topological polar surface area (TPSA) is 55.1 Å². The van der Waals surface area contributed by atoms with Crippen molar-refractivity contribution in [3.05, 3.63) is 29.5 Å². The standard InChI is InChI=1S/C11H9F3N2O2/c1-16-8-3-2-6(5-9(17)18)4-7(8)10(15-16)11(12,13)14/h2-4H,5H2,1H3,(H,17,18). The number of carboxylic acids is 1. The third kappa shape index (κ3) is 2.15. The molecule has 1 aromatic carbocycles. The van der Waals surface area contributed by atoms with E-state index in [0.717, 1.165) is 4.68 Å². The Morgan fingerprint density at radius 2 is 2.11 bits per heavy atom. The summed E-state index contributed by atoms with van der Waals surface area (Å²) in [6, 6.07) is 4.15. The van der Waals surface area contributed by atoms with E-state index in [9.17, 15) is 18.0 Å². The monoisotopic (exact) mass is 258 g/mol. The Labute approximate surface area is 99.6 Å². The zero-order chi connectivity index (χ0) is 13.5. The number of aromatic nitrogens is 2. The van der Waals surface area contributed by atoms with Crippen LogP contribution in [-0.4, -0.2) is 20.9 Å². The number of nitrogens with zero attached hydrogens (tertiary/aromatic N) is 2. The van der Waals surface area contributed by atoms with E-state index in [2.05, 4.69) is 5.10 Å². The second-order valence-electron chi connectivity index (χ2n) is 3.89. The molecule has 0 spiro atoms. The van der Waals surface area contributed by atoms with Gasteiger partial charge in [-0.2, -0.15) is 18.3 Å². The molecule has 1 N–H and O–H groups in total. The summed E-state index contributed by atoms with van der Waals surface area (Å²) in [4.78, 5) is 10.5. The van der Waals surface area contributed by atoms with Gasteiger partial charge in [-0.1, -0.05) is 6.07 Å². The van der Waals surface area contributed by atoms with Crippen LogP contribution in [0.3, 0.4) is 0 Å². The highest BCUT2D eigenvalue weighted by Gasteiger charge is 2.36. The number of aryl methyl sites for hydroxylation is 1. The largest absolute Gasteiger partial charge is 0.481 e. The molecule has 0 aliphatic rings. The summed E-state index contributed by atoms with van der Waals surface area (Å²) in [5.74, 6) is -1.09. The first-order valence-electron chi connectivity index (χ1n) is 5.03. The van der Waals surface area contributed by atoms with Gasteiger partial charge >= 0.3 is 12.1 Å². The van der Waals surface area contributed by atoms with Crippen molar-refractivity contribution in [3.63, 3.8) is 0 Å². The second-order valence-corrected chi connectivity index (χ2v) is 3.89. The van der Waals surface area contributed by atoms with Crippen LogP contribution in [-0.2, 0) is 24.4 Å². The molecule has 0 aliphatic heterocycles. The van der Waals surface area contributed by atoms with Gasteiger partial charge in [0.2, 0.25) is 0 Å². The Morgan fingerprint density at radius 1 is 1.44 bits per heavy atom. The van der Waals surface area contributed by atoms with Crippen molar-refractivity contribution in [2.24, 2.45) is 7.05 Å². The van der Waals surface area contributed by atoms with Crippen LogP contribution in [0.2, 0.25) is 0 Å². The van der Waals surface area contributed by atoms with E-state index >= 15 is 0 Å². The van der Waals surface area contributed by atoms with E-state index in [4.69, 9.17) is 5.11 Å². The van der Waals surface area contributed by atoms with Crippen LogP contribution < -0.4 is 0 Å². The molecular weight excluding hydrogens is 249 g/mol. The lowest BCUT2D eigenvalue weighted by Crippen LogP contribution is -2.07. The zero-order valence-corrected chi connectivity index (χ0v) is 9.32. The highest BCUT2D eigenvalue weighted by Crippen LogP contribution is 2.34. The van der Waals surface area contributed by atoms with Crippen molar-refractivity contribution >= 4 is 16.9 Å². The minimum atomic E-state index is -4.55. The summed E-state index contributed by atoms with van der Waals surface area (Å²) in [6.07, 6.45) is -4.87. The molecule has 7 heteroatoms. The van der Waals surface area contributed by atoms with Gasteiger partial charge in [0.25, 0.3) is 0 Å². The second kappa shape index (κ2) is 4.01. The summed E-state index contributed by atoms with van der Waals surface area (Å²) in [5, 5.41) is 12.0. The fourth-order valence-corrected chi connectivity index (χ4v) is 1.81. The molecule has 0 unspecified atom stereocenters. The number of alkyl halides is 3. The van der Waals surface area contributed by atoms with E-state index in [0.29, 0.717) is 11.1 Å². The number of benzene rings is 1. The Balaban J connectivity index is 2.63. The Hall–Kier alpha value is -2.05. The van der Waals surface area contributed by atoms with E-state index < -0.39 is 17.8 Å². The van der Waals surface area contributed by atoms with Gasteiger partial charge in [0.1, 0.15) is 0 Å². The fourth-order valence-electron chi connectivity index (χ4n) is 1.81. The number of halogens is 3. The minimum absolute atomic E-state index is 0.0799. The summed E-state index contributed by atoms with van der Waals surface area (Å²) < 4.78 is 39.3. The van der Waals surface area contributed by atoms with Crippen LogP contribution >= 0.6 is 0 Å². The molecule has 96 valence electrons. The first-order valence-corrected chi connectivity index (χ1v) is 5.03. The average Bonchev–Trinajstić information content (AvgIpc) is 2.54. The highest BCUT2D eigenvalue weighted by atomic mass is 19.4. The molecule has 0 bridgehead atoms. The maximum atomic E-state index is 12.7. The molecule has 0 fully saturated rings. The van der Waals surface area contributed by atoms with Crippen LogP contribution in [0.4, 0.5) is 13.2 Å². The molecule has 0 aliphatic carbocycles. The van der Waals surface area contributed by atoms with Crippen LogP contribution in [0.15, 0.2) is 18.2 Å². The maximum absolute atomic E-state index is 12.7. The van der Waals surface area contributed by atoms with E-state index in [1.807, 2.05) is 0 Å². The quantitative estimate of drug-likeness (QED) is 0.898. The van der Waals surface area contributed by atoms with Gasteiger partial charge in [-0.15, -0.1) is 0 Å². The number of carboxylic acid groups (broad SMARTS) is 1. The van der Waals surface area contributed by atoms with E-state index in [1.165, 1.54) is 25.2 Å². The summed E-state index contributed by atoms with van der Waals surface area (Å²) >= 11 is 0. The molecule has 4 nitrogen and oxygen atoms in total. The van der Waals surface area contributed by atoms with Crippen molar-refractivity contribution in [1.82, 2.24) is 9.78 Å². The molecular formula is C11H9F3N2O2. The summed E-state index contributed by atoms with van der Waals surface area (Å²) in [7, 11) is 1.41. The van der Waals surface area contributed by atoms with Crippen molar-refractivity contribution < 1.29 is 23.1 Å². The predicted octanol–water partition coefficient (Wildman–Crippen LogP) is 2.22. The van der Waals surface area contributed by atoms with E-state index in [1.54, 1.807) is 0 Å². The summed E-state index contributed by atoms with van der Waals surface area (Å²) in [6.45, 7) is 0. The predicted molar refractivity (Wildman–Crippen MR) is 57.1 cm³/mol. The van der Waals surface area contributed by atoms with Crippen molar-refractivity contribution in [2.75, 3.05) is 0 Å². The number of aliphatic carboxylic acids is 1. The third-order valence-corrected chi connectivity index (χ3v) is 2.54. The first kappa shape index (κ1) is 12.4. The average molecular weight is 258 g/mol. The Bertz CT molecular complexity index is 617. The van der Waals surface area contributed by atoms with Gasteiger partial charge in [0.05, 0.1) is 11.9 Å². The molecule has 0 saturated carbocycles. The van der Waals surface area contributed by atoms with Crippen molar-refractivity contribution in [3.8, 4) is 0 Å². The number of hydrogen-bond donors (Lipinski definition) is 1. The van der Waals surface area contributed by atoms with Gasteiger partial charge in [0, 0.05) is 12.4 Å². The molecule has 2 rings (SSSR count). The lowest BCUT2D eigenvalue weighted by molar-refractivity contribution is -0.140. The molecule has 1 heterocycles. The number of fused-ring (bicyclic) bond motifs is 1. The molecule has 1 aromatic heterocycles. The number of rotatable bonds is 2. The normalized spacial score (nSPS) is 12.0. The van der Waals surface area contributed by atoms with Crippen molar-refractivity contribution in [1.29, 1.82) is 0 Å². The smallest absolute Gasteiger partial charge is 0.435 e. The zero-order valence-electron chi connectivity index (χ0n) is 9.32. The van der Waals surface area contributed by atoms with Crippen LogP contribution in [0.25, 0.3) is 10.9 Å². The molecule has 0 amide bonds. The summed E-state index contributed by atoms with van der Waals surface area (Å²) in [5.41, 5.74) is -0.364. The Morgan fingerprint density at radius 3 is 2.67 bits per heavy atom. The van der Waals surface area contributed by atoms with Gasteiger partial charge in [0.15, 0.2) is 5.69 Å². The lowest BCUT2D eigenvalue weighted by atomic mass is 10.1. The number of carbonyl (C=O) groups is 1. The third-order valence-electron chi connectivity index (χ3n) is 2.54. The van der Waals surface area contributed by atoms with E-state index in [-0.39, 0.29) is 11.8 Å². The maximum Gasteiger partial charge on any atom is 0.435 e. The fraction of sp³-hybridized carbons (Fsp3) is 0.273. The Kier molecular flexibility index (Phi) is 2.76. The number of hydrogen-bond acceptors (Lipinski definition) is 2. The highest BCUT2D eigenvalue weighted by molar-refractivity contribution is 5.84. The minimum Gasteiger partial charge on any atom is -0.481 e. The molecule has 18 heavy (non-hydrogen) atoms. The van der Waals surface area contributed by atoms with Gasteiger partial charge in [-0.25, -0.2) is 0 Å². The first-order chi connectivity index (χ1) is 8.29. The molecule has 0 atom stereocenters. The van der Waals surface area contributed by atoms with Gasteiger partial charge < -0.3 is 5.11 Å². The molecule has 2 aromatic rings. The van der Waals surface area contributed by atoms with Crippen LogP contribution in [0.5, 0.6) is 0 Å². The van der Waals surface area contributed by atoms with Gasteiger partial charge in [-0.05, 0) is 17.7 Å². The van der Waals surface area contributed by atoms with Crippen LogP contribution in [0.1, 0.15) is 11.3 Å². The molecule has 0 radical (unpaired) electrons. The molecule has 0 saturated heterocycles. The lowest BCUT2D eigenvalue weighted by Gasteiger charge is -2.03. The van der Waals surface area contributed by atoms with Crippen LogP contribution in [0, 0.1) is 0 Å². The SMILES string of the molecule is Cn1nc(C(F)(F)F)c2cc(CC(=O)O)ccc21. The van der Waals surface area contributed by atoms with Crippen molar-refractivity contribution in [2.45, 2.75) is 12.6 Å².